The van der Waals surface area contributed by atoms with E-state index in [0.717, 1.165) is 0 Å². The quantitative estimate of drug-likeness (QED) is 0.750. The first-order valence-electron chi connectivity index (χ1n) is 4.66. The normalized spacial score (nSPS) is 9.81. The number of esters is 1. The Hall–Kier alpha value is -2.04. The largest absolute Gasteiger partial charge is 0.507 e. The average Bonchev–Trinajstić information content (AvgIpc) is 2.27. The number of aromatic hydroxyl groups is 1. The number of rotatable bonds is 4. The van der Waals surface area contributed by atoms with Crippen molar-refractivity contribution in [1.29, 1.82) is 0 Å². The number of ether oxygens (including phenoxy) is 1. The Morgan fingerprint density at radius 1 is 1.38 bits per heavy atom. The van der Waals surface area contributed by atoms with Crippen molar-refractivity contribution in [2.24, 2.45) is 0 Å². The maximum Gasteiger partial charge on any atom is 0.341 e. The molecule has 0 radical (unpaired) electrons. The lowest BCUT2D eigenvalue weighted by Gasteiger charge is -2.05. The van der Waals surface area contributed by atoms with Crippen molar-refractivity contribution in [3.05, 3.63) is 29.3 Å². The zero-order valence-electron chi connectivity index (χ0n) is 8.77. The number of carboxylic acids is 1. The van der Waals surface area contributed by atoms with E-state index < -0.39 is 11.9 Å². The lowest BCUT2D eigenvalue weighted by molar-refractivity contribution is -0.136. The third-order valence-electron chi connectivity index (χ3n) is 2.09. The fraction of sp³-hybridized carbons (Fsp3) is 0.273. The van der Waals surface area contributed by atoms with Gasteiger partial charge in [-0.25, -0.2) is 4.79 Å². The minimum absolute atomic E-state index is 0.0224. The van der Waals surface area contributed by atoms with Gasteiger partial charge in [0.05, 0.1) is 7.11 Å². The predicted octanol–water partition coefficient (Wildman–Crippen LogP) is 1.20. The van der Waals surface area contributed by atoms with Crippen LogP contribution in [0, 0.1) is 0 Å². The van der Waals surface area contributed by atoms with Gasteiger partial charge in [-0.05, 0) is 24.1 Å². The number of carbonyl (C=O) groups is 2. The molecule has 86 valence electrons. The van der Waals surface area contributed by atoms with E-state index in [4.69, 9.17) is 5.11 Å². The molecule has 0 saturated carbocycles. The van der Waals surface area contributed by atoms with E-state index in [2.05, 4.69) is 4.74 Å². The van der Waals surface area contributed by atoms with Crippen molar-refractivity contribution in [3.8, 4) is 5.75 Å². The molecule has 1 rings (SSSR count). The number of benzene rings is 1. The van der Waals surface area contributed by atoms with E-state index in [1.807, 2.05) is 0 Å². The minimum atomic E-state index is -0.910. The summed E-state index contributed by atoms with van der Waals surface area (Å²) in [7, 11) is 1.21. The molecule has 1 aromatic carbocycles. The summed E-state index contributed by atoms with van der Waals surface area (Å²) in [6.45, 7) is 0. The van der Waals surface area contributed by atoms with E-state index in [-0.39, 0.29) is 17.7 Å². The first-order valence-corrected chi connectivity index (χ1v) is 4.66. The first kappa shape index (κ1) is 12.0. The Labute approximate surface area is 92.3 Å². The number of aryl methyl sites for hydroxylation is 1. The topological polar surface area (TPSA) is 83.8 Å². The SMILES string of the molecule is COC(=O)c1cc(CCC(=O)O)ccc1O. The number of phenols is 1. The molecule has 16 heavy (non-hydrogen) atoms. The van der Waals surface area contributed by atoms with Crippen LogP contribution in [-0.4, -0.2) is 29.3 Å². The average molecular weight is 224 g/mol. The third-order valence-corrected chi connectivity index (χ3v) is 2.09. The molecular formula is C11H12O5. The van der Waals surface area contributed by atoms with Gasteiger partial charge in [-0.2, -0.15) is 0 Å². The van der Waals surface area contributed by atoms with E-state index in [1.54, 1.807) is 6.07 Å². The number of carbonyl (C=O) groups excluding carboxylic acids is 1. The first-order chi connectivity index (χ1) is 7.54. The summed E-state index contributed by atoms with van der Waals surface area (Å²) >= 11 is 0. The smallest absolute Gasteiger partial charge is 0.341 e. The maximum atomic E-state index is 11.2. The second-order valence-electron chi connectivity index (χ2n) is 3.24. The fourth-order valence-electron chi connectivity index (χ4n) is 1.26. The summed E-state index contributed by atoms with van der Waals surface area (Å²) in [6, 6.07) is 4.36. The summed E-state index contributed by atoms with van der Waals surface area (Å²) in [5, 5.41) is 17.9. The summed E-state index contributed by atoms with van der Waals surface area (Å²) in [4.78, 5) is 21.6. The predicted molar refractivity (Wildman–Crippen MR) is 55.4 cm³/mol. The fourth-order valence-corrected chi connectivity index (χ4v) is 1.26. The molecule has 0 aliphatic carbocycles. The lowest BCUT2D eigenvalue weighted by atomic mass is 10.1. The van der Waals surface area contributed by atoms with Crippen LogP contribution in [0.3, 0.4) is 0 Å². The monoisotopic (exact) mass is 224 g/mol. The van der Waals surface area contributed by atoms with Gasteiger partial charge in [0.25, 0.3) is 0 Å². The number of hydrogen-bond donors (Lipinski definition) is 2. The van der Waals surface area contributed by atoms with Crippen molar-refractivity contribution in [3.63, 3.8) is 0 Å². The van der Waals surface area contributed by atoms with Crippen LogP contribution in [0.5, 0.6) is 5.75 Å². The molecule has 0 atom stereocenters. The second kappa shape index (κ2) is 5.16. The summed E-state index contributed by atoms with van der Waals surface area (Å²) in [6.07, 6.45) is 0.283. The van der Waals surface area contributed by atoms with Gasteiger partial charge in [0.15, 0.2) is 0 Å². The Balaban J connectivity index is 2.89. The van der Waals surface area contributed by atoms with Crippen LogP contribution in [-0.2, 0) is 16.0 Å². The van der Waals surface area contributed by atoms with Crippen LogP contribution in [0.4, 0.5) is 0 Å². The number of phenolic OH excluding ortho intramolecular Hbond substituents is 1. The van der Waals surface area contributed by atoms with Crippen molar-refractivity contribution in [2.75, 3.05) is 7.11 Å². The Kier molecular flexibility index (Phi) is 3.88. The molecule has 0 aliphatic rings. The number of aliphatic carboxylic acids is 1. The Morgan fingerprint density at radius 3 is 2.62 bits per heavy atom. The summed E-state index contributed by atoms with van der Waals surface area (Å²) < 4.78 is 4.48. The van der Waals surface area contributed by atoms with Crippen molar-refractivity contribution in [1.82, 2.24) is 0 Å². The highest BCUT2D eigenvalue weighted by atomic mass is 16.5. The highest BCUT2D eigenvalue weighted by Gasteiger charge is 2.12. The van der Waals surface area contributed by atoms with Crippen LogP contribution in [0.25, 0.3) is 0 Å². The minimum Gasteiger partial charge on any atom is -0.507 e. The third kappa shape index (κ3) is 2.98. The number of hydrogen-bond acceptors (Lipinski definition) is 4. The van der Waals surface area contributed by atoms with E-state index in [9.17, 15) is 14.7 Å². The molecule has 0 bridgehead atoms. The molecule has 5 nitrogen and oxygen atoms in total. The molecular weight excluding hydrogens is 212 g/mol. The Bertz CT molecular complexity index is 411. The van der Waals surface area contributed by atoms with Crippen LogP contribution in [0.2, 0.25) is 0 Å². The van der Waals surface area contributed by atoms with Gasteiger partial charge in [0, 0.05) is 6.42 Å². The molecule has 0 fully saturated rings. The van der Waals surface area contributed by atoms with Gasteiger partial charge in [-0.3, -0.25) is 4.79 Å². The molecule has 0 saturated heterocycles. The molecule has 0 heterocycles. The van der Waals surface area contributed by atoms with Gasteiger partial charge < -0.3 is 14.9 Å². The van der Waals surface area contributed by atoms with Gasteiger partial charge >= 0.3 is 11.9 Å². The van der Waals surface area contributed by atoms with Crippen LogP contribution < -0.4 is 0 Å². The molecule has 0 aliphatic heterocycles. The van der Waals surface area contributed by atoms with E-state index >= 15 is 0 Å². The molecule has 0 amide bonds. The van der Waals surface area contributed by atoms with Gasteiger partial charge in [-0.1, -0.05) is 6.07 Å². The van der Waals surface area contributed by atoms with Crippen LogP contribution >= 0.6 is 0 Å². The van der Waals surface area contributed by atoms with Gasteiger partial charge in [0.2, 0.25) is 0 Å². The second-order valence-corrected chi connectivity index (χ2v) is 3.24. The van der Waals surface area contributed by atoms with Crippen molar-refractivity contribution < 1.29 is 24.5 Å². The molecule has 1 aromatic rings. The summed E-state index contributed by atoms with van der Waals surface area (Å²) in [5.41, 5.74) is 0.714. The van der Waals surface area contributed by atoms with Gasteiger partial charge in [-0.15, -0.1) is 0 Å². The standard InChI is InChI=1S/C11H12O5/c1-16-11(15)8-6-7(2-4-9(8)12)3-5-10(13)14/h2,4,6,12H,3,5H2,1H3,(H,13,14). The van der Waals surface area contributed by atoms with Crippen molar-refractivity contribution in [2.45, 2.75) is 12.8 Å². The molecule has 0 spiro atoms. The van der Waals surface area contributed by atoms with E-state index in [0.29, 0.717) is 12.0 Å². The highest BCUT2D eigenvalue weighted by Crippen LogP contribution is 2.20. The van der Waals surface area contributed by atoms with Crippen LogP contribution in [0.1, 0.15) is 22.3 Å². The summed E-state index contributed by atoms with van der Waals surface area (Å²) in [5.74, 6) is -1.73. The number of methoxy groups -OCH3 is 1. The zero-order chi connectivity index (χ0) is 12.1. The highest BCUT2D eigenvalue weighted by molar-refractivity contribution is 5.92. The van der Waals surface area contributed by atoms with Gasteiger partial charge in [0.1, 0.15) is 11.3 Å². The molecule has 0 aromatic heterocycles. The molecule has 2 N–H and O–H groups in total. The van der Waals surface area contributed by atoms with Crippen molar-refractivity contribution >= 4 is 11.9 Å². The molecule has 0 unspecified atom stereocenters. The van der Waals surface area contributed by atoms with Crippen LogP contribution in [0.15, 0.2) is 18.2 Å². The lowest BCUT2D eigenvalue weighted by Crippen LogP contribution is -2.03. The zero-order valence-corrected chi connectivity index (χ0v) is 8.77. The Morgan fingerprint density at radius 2 is 2.06 bits per heavy atom. The van der Waals surface area contributed by atoms with E-state index in [1.165, 1.54) is 19.2 Å². The molecule has 5 heteroatoms. The maximum absolute atomic E-state index is 11.2. The number of carboxylic acid groups (broad SMARTS) is 1.